The van der Waals surface area contributed by atoms with Crippen molar-refractivity contribution in [3.05, 3.63) is 99.2 Å². The first kappa shape index (κ1) is 20.3. The Hall–Kier alpha value is -1.45. The Morgan fingerprint density at radius 3 is 2.26 bits per heavy atom. The van der Waals surface area contributed by atoms with E-state index in [4.69, 9.17) is 9.47 Å². The smallest absolute Gasteiger partial charge is 0.454 e. The third-order valence-electron chi connectivity index (χ3n) is 4.40. The maximum absolute atomic E-state index is 12.0. The number of allylic oxidation sites excluding steroid dienone is 2. The summed E-state index contributed by atoms with van der Waals surface area (Å²) in [5, 5.41) is 2.94. The van der Waals surface area contributed by atoms with Crippen molar-refractivity contribution >= 4 is 5.91 Å². The quantitative estimate of drug-likeness (QED) is 0.774. The molecule has 4 aliphatic rings. The van der Waals surface area contributed by atoms with Crippen molar-refractivity contribution in [2.45, 2.75) is 12.3 Å². The summed E-state index contributed by atoms with van der Waals surface area (Å²) in [5.41, 5.74) is 1.94. The molecule has 2 fully saturated rings. The number of benzene rings is 1. The van der Waals surface area contributed by atoms with Crippen LogP contribution in [0.3, 0.4) is 0 Å². The first-order chi connectivity index (χ1) is 12.8. The molecule has 1 N–H and O–H groups in total. The van der Waals surface area contributed by atoms with Gasteiger partial charge in [-0.15, -0.1) is 0 Å². The predicted molar refractivity (Wildman–Crippen MR) is 98.1 cm³/mol. The van der Waals surface area contributed by atoms with Crippen LogP contribution in [0, 0.1) is 63.7 Å². The van der Waals surface area contributed by atoms with Gasteiger partial charge in [0.05, 0.1) is 0 Å². The second-order valence-electron chi connectivity index (χ2n) is 6.19. The van der Waals surface area contributed by atoms with Gasteiger partial charge in [-0.1, -0.05) is 12.1 Å². The molecule has 5 rings (SSSR count). The van der Waals surface area contributed by atoms with Crippen molar-refractivity contribution in [3.63, 3.8) is 0 Å². The number of hydrogen-bond acceptors (Lipinski definition) is 3. The van der Waals surface area contributed by atoms with Crippen LogP contribution in [-0.4, -0.2) is 12.7 Å². The summed E-state index contributed by atoms with van der Waals surface area (Å²) in [6.45, 7) is 0.262. The predicted octanol–water partition coefficient (Wildman–Crippen LogP) is 3.33. The van der Waals surface area contributed by atoms with Crippen LogP contribution in [0.25, 0.3) is 0 Å². The zero-order valence-electron chi connectivity index (χ0n) is 14.6. The Balaban J connectivity index is 0.000000306. The van der Waals surface area contributed by atoms with Crippen molar-refractivity contribution in [2.24, 2.45) is 0 Å². The van der Waals surface area contributed by atoms with Crippen LogP contribution in [0.15, 0.2) is 30.0 Å². The van der Waals surface area contributed by atoms with E-state index >= 15 is 0 Å². The van der Waals surface area contributed by atoms with E-state index in [1.54, 1.807) is 0 Å². The number of carbonyl (C=O) groups excluding carboxylic acids is 1. The van der Waals surface area contributed by atoms with E-state index < -0.39 is 0 Å². The Labute approximate surface area is 172 Å². The first-order valence-corrected chi connectivity index (χ1v) is 8.59. The number of rotatable bonds is 2. The van der Waals surface area contributed by atoms with E-state index in [-0.39, 0.29) is 35.7 Å². The molecule has 0 spiro atoms. The van der Waals surface area contributed by atoms with Gasteiger partial charge in [-0.3, -0.25) is 4.79 Å². The molecule has 1 amide bonds. The normalized spacial score (nSPS) is 23.8. The van der Waals surface area contributed by atoms with Crippen LogP contribution in [0.2, 0.25) is 0 Å². The number of fused-ring (bicyclic) bond motifs is 1. The van der Waals surface area contributed by atoms with E-state index in [1.165, 1.54) is 0 Å². The monoisotopic (exact) mass is 401 g/mol. The molecule has 1 aromatic carbocycles. The maximum atomic E-state index is 12.0. The molecule has 1 atom stereocenters. The van der Waals surface area contributed by atoms with E-state index in [2.05, 4.69) is 11.4 Å². The Morgan fingerprint density at radius 1 is 0.889 bits per heavy atom. The molecule has 10 radical (unpaired) electrons. The van der Waals surface area contributed by atoms with Gasteiger partial charge >= 0.3 is 17.1 Å². The third kappa shape index (κ3) is 5.08. The minimum Gasteiger partial charge on any atom is -0.454 e. The number of amides is 1. The maximum Gasteiger partial charge on any atom is 2.00 e. The summed E-state index contributed by atoms with van der Waals surface area (Å²) in [4.78, 5) is 12.0. The average molecular weight is 401 g/mol. The second kappa shape index (κ2) is 9.66. The molecule has 136 valence electrons. The first-order valence-electron chi connectivity index (χ1n) is 8.59. The van der Waals surface area contributed by atoms with E-state index in [0.29, 0.717) is 6.42 Å². The Morgan fingerprint density at radius 2 is 1.56 bits per heavy atom. The summed E-state index contributed by atoms with van der Waals surface area (Å²) in [7, 11) is 0. The molecule has 2 aliphatic carbocycles. The van der Waals surface area contributed by atoms with Crippen molar-refractivity contribution in [1.82, 2.24) is 5.32 Å². The SMILES string of the molecule is O=C1CC(c2ccc3c(c2)OCO3)C=C([C]2[CH][CH][CH][CH]2)N1.[CH]1[CH][CH][CH][CH]1.[Fe+2]. The summed E-state index contributed by atoms with van der Waals surface area (Å²) in [5.74, 6) is 2.64. The number of ether oxygens (including phenoxy) is 2. The zero-order chi connectivity index (χ0) is 17.8. The third-order valence-corrected chi connectivity index (χ3v) is 4.40. The minimum atomic E-state index is 0. The van der Waals surface area contributed by atoms with Crippen LogP contribution >= 0.6 is 0 Å². The molecule has 2 saturated carbocycles. The fraction of sp³-hybridized carbons (Fsp3) is 0.136. The van der Waals surface area contributed by atoms with Crippen LogP contribution in [0.4, 0.5) is 0 Å². The summed E-state index contributed by atoms with van der Waals surface area (Å²) in [6.07, 6.45) is 20.5. The Kier molecular flexibility index (Phi) is 7.26. The fourth-order valence-corrected chi connectivity index (χ4v) is 3.10. The van der Waals surface area contributed by atoms with Gasteiger partial charge in [0.2, 0.25) is 12.7 Å². The number of nitrogens with one attached hydrogen (secondary N) is 1. The number of carbonyl (C=O) groups is 1. The van der Waals surface area contributed by atoms with Gasteiger partial charge in [0.25, 0.3) is 0 Å². The average Bonchev–Trinajstić information content (AvgIpc) is 3.45. The van der Waals surface area contributed by atoms with Gasteiger partial charge in [0.1, 0.15) is 0 Å². The van der Waals surface area contributed by atoms with Crippen molar-refractivity contribution in [1.29, 1.82) is 0 Å². The molecule has 1 aromatic rings. The van der Waals surface area contributed by atoms with Gasteiger partial charge in [0.15, 0.2) is 11.5 Å². The standard InChI is InChI=1S/C17H14NO3.C5H5.Fe/c19-17-9-13(7-14(18-17)11-3-1-2-4-11)12-5-6-15-16(8-12)21-10-20-15;1-2-4-5-3-1;/h1-8,13H,9-10H2,(H,18,19);1-5H;/q;;+2. The second-order valence-corrected chi connectivity index (χ2v) is 6.19. The summed E-state index contributed by atoms with van der Waals surface area (Å²) >= 11 is 0. The van der Waals surface area contributed by atoms with E-state index in [1.807, 2.05) is 76.0 Å². The number of hydrogen-bond donors (Lipinski definition) is 1. The minimum absolute atomic E-state index is 0. The molecular formula is C22H19FeNO3+2. The molecule has 2 aliphatic heterocycles. The van der Waals surface area contributed by atoms with Gasteiger partial charge < -0.3 is 14.8 Å². The van der Waals surface area contributed by atoms with E-state index in [0.717, 1.165) is 28.7 Å². The van der Waals surface area contributed by atoms with Crippen LogP contribution in [0.1, 0.15) is 17.9 Å². The molecular weight excluding hydrogens is 382 g/mol. The van der Waals surface area contributed by atoms with Gasteiger partial charge in [-0.2, -0.15) is 0 Å². The van der Waals surface area contributed by atoms with Crippen LogP contribution in [0.5, 0.6) is 11.5 Å². The van der Waals surface area contributed by atoms with Crippen molar-refractivity contribution < 1.29 is 31.3 Å². The molecule has 0 aromatic heterocycles. The van der Waals surface area contributed by atoms with Crippen molar-refractivity contribution in [2.75, 3.05) is 6.79 Å². The molecule has 0 saturated heterocycles. The Bertz CT molecular complexity index is 671. The van der Waals surface area contributed by atoms with Crippen LogP contribution in [-0.2, 0) is 21.9 Å². The molecule has 0 bridgehead atoms. The summed E-state index contributed by atoms with van der Waals surface area (Å²) < 4.78 is 10.7. The molecule has 5 heteroatoms. The van der Waals surface area contributed by atoms with Gasteiger partial charge in [-0.05, 0) is 75.5 Å². The molecule has 27 heavy (non-hydrogen) atoms. The van der Waals surface area contributed by atoms with Gasteiger partial charge in [0, 0.05) is 24.0 Å². The van der Waals surface area contributed by atoms with Crippen LogP contribution < -0.4 is 14.8 Å². The molecule has 4 nitrogen and oxygen atoms in total. The molecule has 2 heterocycles. The molecule has 1 unspecified atom stereocenters. The largest absolute Gasteiger partial charge is 2.00 e. The zero-order valence-corrected chi connectivity index (χ0v) is 15.7. The fourth-order valence-electron chi connectivity index (χ4n) is 3.10. The van der Waals surface area contributed by atoms with E-state index in [9.17, 15) is 4.79 Å². The van der Waals surface area contributed by atoms with Crippen molar-refractivity contribution in [3.8, 4) is 11.5 Å². The topological polar surface area (TPSA) is 47.6 Å². The summed E-state index contributed by atoms with van der Waals surface area (Å²) in [6, 6.07) is 5.86. The van der Waals surface area contributed by atoms with Gasteiger partial charge in [-0.25, -0.2) is 0 Å².